The molecule has 0 N–H and O–H groups in total. The molecule has 0 radical (unpaired) electrons. The van der Waals surface area contributed by atoms with Crippen LogP contribution in [0.2, 0.25) is 0 Å². The van der Waals surface area contributed by atoms with Crippen LogP contribution in [0.15, 0.2) is 0 Å². The van der Waals surface area contributed by atoms with Gasteiger partial charge in [-0.1, -0.05) is 0 Å². The van der Waals surface area contributed by atoms with Gasteiger partial charge >= 0.3 is 0 Å². The molecule has 1 heterocycles. The van der Waals surface area contributed by atoms with Gasteiger partial charge in [0, 0.05) is 39.8 Å². The highest BCUT2D eigenvalue weighted by molar-refractivity contribution is 5.02. The molecule has 0 aromatic heterocycles. The van der Waals surface area contributed by atoms with Crippen LogP contribution in [-0.2, 0) is 14.2 Å². The fourth-order valence-electron chi connectivity index (χ4n) is 2.26. The van der Waals surface area contributed by atoms with Gasteiger partial charge in [-0.25, -0.2) is 0 Å². The average molecular weight is 299 g/mol. The number of hydrogen-bond donors (Lipinski definition) is 0. The Morgan fingerprint density at radius 3 is 2.10 bits per heavy atom. The number of piperazine rings is 1. The Bertz CT molecular complexity index is 310. The molecule has 0 spiro atoms. The molecule has 1 rings (SSSR count). The van der Waals surface area contributed by atoms with E-state index >= 15 is 0 Å². The van der Waals surface area contributed by atoms with Crippen LogP contribution in [0.1, 0.15) is 13.8 Å². The molecule has 0 saturated carbocycles. The molecular weight excluding hydrogens is 270 g/mol. The molecule has 6 heteroatoms. The van der Waals surface area contributed by atoms with Gasteiger partial charge in [-0.05, 0) is 13.8 Å². The van der Waals surface area contributed by atoms with Crippen LogP contribution in [0, 0.1) is 11.3 Å². The third-order valence-corrected chi connectivity index (χ3v) is 3.79. The first kappa shape index (κ1) is 18.3. The van der Waals surface area contributed by atoms with E-state index in [1.165, 1.54) is 0 Å². The molecule has 0 aromatic carbocycles. The summed E-state index contributed by atoms with van der Waals surface area (Å²) in [5.41, 5.74) is -0.359. The van der Waals surface area contributed by atoms with Crippen molar-refractivity contribution in [3.05, 3.63) is 0 Å². The minimum atomic E-state index is -0.359. The first-order chi connectivity index (χ1) is 10.1. The summed E-state index contributed by atoms with van der Waals surface area (Å²) >= 11 is 0. The molecule has 6 nitrogen and oxygen atoms in total. The van der Waals surface area contributed by atoms with E-state index in [0.717, 1.165) is 39.3 Å². The average Bonchev–Trinajstić information content (AvgIpc) is 2.50. The molecule has 0 bridgehead atoms. The third kappa shape index (κ3) is 7.21. The summed E-state index contributed by atoms with van der Waals surface area (Å²) in [5.74, 6) is 0. The SMILES string of the molecule is COCCOCCOCCN1CCN(C(C)(C)C#N)CC1. The molecule has 21 heavy (non-hydrogen) atoms. The zero-order chi connectivity index (χ0) is 15.6. The van der Waals surface area contributed by atoms with E-state index in [4.69, 9.17) is 19.5 Å². The normalized spacial score (nSPS) is 17.8. The van der Waals surface area contributed by atoms with Crippen LogP contribution in [0.25, 0.3) is 0 Å². The highest BCUT2D eigenvalue weighted by Gasteiger charge is 2.29. The van der Waals surface area contributed by atoms with Crippen molar-refractivity contribution in [3.63, 3.8) is 0 Å². The Labute approximate surface area is 128 Å². The molecule has 1 fully saturated rings. The summed E-state index contributed by atoms with van der Waals surface area (Å²) in [7, 11) is 1.66. The molecule has 122 valence electrons. The Hall–Kier alpha value is -0.710. The predicted molar refractivity (Wildman–Crippen MR) is 81.2 cm³/mol. The second kappa shape index (κ2) is 10.1. The Morgan fingerprint density at radius 1 is 0.952 bits per heavy atom. The second-order valence-corrected chi connectivity index (χ2v) is 5.72. The maximum atomic E-state index is 9.15. The summed E-state index contributed by atoms with van der Waals surface area (Å²) in [6.07, 6.45) is 0. The summed E-state index contributed by atoms with van der Waals surface area (Å²) in [6.45, 7) is 12.0. The molecule has 0 aliphatic carbocycles. The van der Waals surface area contributed by atoms with E-state index in [-0.39, 0.29) is 5.54 Å². The van der Waals surface area contributed by atoms with Crippen molar-refractivity contribution in [3.8, 4) is 6.07 Å². The van der Waals surface area contributed by atoms with E-state index in [1.54, 1.807) is 7.11 Å². The molecular formula is C15H29N3O3. The van der Waals surface area contributed by atoms with Crippen LogP contribution < -0.4 is 0 Å². The lowest BCUT2D eigenvalue weighted by Crippen LogP contribution is -2.54. The smallest absolute Gasteiger partial charge is 0.103 e. The number of hydrogen-bond acceptors (Lipinski definition) is 6. The molecule has 0 aromatic rings. The van der Waals surface area contributed by atoms with Gasteiger partial charge in [0.1, 0.15) is 5.54 Å². The lowest BCUT2D eigenvalue weighted by atomic mass is 10.0. The molecule has 1 aliphatic rings. The van der Waals surface area contributed by atoms with Crippen molar-refractivity contribution in [2.75, 3.05) is 72.9 Å². The Kier molecular flexibility index (Phi) is 8.81. The van der Waals surface area contributed by atoms with Gasteiger partial charge in [0.15, 0.2) is 0 Å². The lowest BCUT2D eigenvalue weighted by Gasteiger charge is -2.40. The quantitative estimate of drug-likeness (QED) is 0.550. The third-order valence-electron chi connectivity index (χ3n) is 3.79. The van der Waals surface area contributed by atoms with Gasteiger partial charge in [-0.3, -0.25) is 9.80 Å². The number of rotatable bonds is 10. The second-order valence-electron chi connectivity index (χ2n) is 5.72. The monoisotopic (exact) mass is 299 g/mol. The minimum absolute atomic E-state index is 0.359. The number of nitriles is 1. The zero-order valence-electron chi connectivity index (χ0n) is 13.6. The molecule has 1 saturated heterocycles. The van der Waals surface area contributed by atoms with E-state index in [9.17, 15) is 0 Å². The summed E-state index contributed by atoms with van der Waals surface area (Å²) in [4.78, 5) is 4.63. The number of nitrogens with zero attached hydrogens (tertiary/aromatic N) is 3. The first-order valence-electron chi connectivity index (χ1n) is 7.63. The molecule has 0 unspecified atom stereocenters. The Morgan fingerprint density at radius 2 is 1.52 bits per heavy atom. The van der Waals surface area contributed by atoms with Crippen molar-refractivity contribution in [1.82, 2.24) is 9.80 Å². The molecule has 1 aliphatic heterocycles. The standard InChI is InChI=1S/C15H29N3O3/c1-15(2,14-16)18-6-4-17(5-7-18)8-9-20-12-13-21-11-10-19-3/h4-13H2,1-3H3. The first-order valence-corrected chi connectivity index (χ1v) is 7.63. The van der Waals surface area contributed by atoms with Crippen molar-refractivity contribution >= 4 is 0 Å². The van der Waals surface area contributed by atoms with Gasteiger partial charge < -0.3 is 14.2 Å². The highest BCUT2D eigenvalue weighted by atomic mass is 16.5. The fourth-order valence-corrected chi connectivity index (χ4v) is 2.26. The predicted octanol–water partition coefficient (Wildman–Crippen LogP) is 0.586. The summed E-state index contributed by atoms with van der Waals surface area (Å²) in [5, 5.41) is 9.15. The van der Waals surface area contributed by atoms with Gasteiger partial charge in [0.25, 0.3) is 0 Å². The molecule has 0 amide bonds. The van der Waals surface area contributed by atoms with Crippen LogP contribution >= 0.6 is 0 Å². The van der Waals surface area contributed by atoms with E-state index in [1.807, 2.05) is 13.8 Å². The van der Waals surface area contributed by atoms with Crippen molar-refractivity contribution < 1.29 is 14.2 Å². The lowest BCUT2D eigenvalue weighted by molar-refractivity contribution is 0.0125. The van der Waals surface area contributed by atoms with Crippen molar-refractivity contribution in [1.29, 1.82) is 5.26 Å². The van der Waals surface area contributed by atoms with Crippen molar-refractivity contribution in [2.24, 2.45) is 0 Å². The maximum Gasteiger partial charge on any atom is 0.103 e. The summed E-state index contributed by atoms with van der Waals surface area (Å²) < 4.78 is 15.8. The largest absolute Gasteiger partial charge is 0.382 e. The van der Waals surface area contributed by atoms with Gasteiger partial charge in [-0.15, -0.1) is 0 Å². The minimum Gasteiger partial charge on any atom is -0.382 e. The van der Waals surface area contributed by atoms with E-state index < -0.39 is 0 Å². The number of methoxy groups -OCH3 is 1. The topological polar surface area (TPSA) is 58.0 Å². The van der Waals surface area contributed by atoms with Crippen molar-refractivity contribution in [2.45, 2.75) is 19.4 Å². The van der Waals surface area contributed by atoms with Gasteiger partial charge in [0.2, 0.25) is 0 Å². The van der Waals surface area contributed by atoms with Gasteiger partial charge in [0.05, 0.1) is 39.1 Å². The zero-order valence-corrected chi connectivity index (χ0v) is 13.6. The summed E-state index contributed by atoms with van der Waals surface area (Å²) in [6, 6.07) is 2.37. The number of ether oxygens (including phenoxy) is 3. The molecule has 0 atom stereocenters. The fraction of sp³-hybridized carbons (Fsp3) is 0.933. The van der Waals surface area contributed by atoms with E-state index in [2.05, 4.69) is 15.9 Å². The Balaban J connectivity index is 2.00. The van der Waals surface area contributed by atoms with Crippen LogP contribution in [-0.4, -0.2) is 88.2 Å². The van der Waals surface area contributed by atoms with Crippen LogP contribution in [0.3, 0.4) is 0 Å². The highest BCUT2D eigenvalue weighted by Crippen LogP contribution is 2.15. The van der Waals surface area contributed by atoms with Gasteiger partial charge in [-0.2, -0.15) is 5.26 Å². The van der Waals surface area contributed by atoms with E-state index in [0.29, 0.717) is 26.4 Å². The maximum absolute atomic E-state index is 9.15. The van der Waals surface area contributed by atoms with Crippen LogP contribution in [0.5, 0.6) is 0 Å². The van der Waals surface area contributed by atoms with Crippen LogP contribution in [0.4, 0.5) is 0 Å².